The SMILES string of the molecule is CC[C@@H]1[C@@H]2CN(C(=O)[C@H](C(C)C)NC(=O)O[C@@H]3C[C@H]3CCCCC(F)(F)c3nc4ccc(OC)cc4nc3O2)[C@@H]1C(=O)N[C@]1(C(=O)NS(=O)(=O)C2(C)CC2)C[C@H]1C(F)F. The van der Waals surface area contributed by atoms with Crippen LogP contribution < -0.4 is 24.8 Å². The molecule has 3 aliphatic carbocycles. The summed E-state index contributed by atoms with van der Waals surface area (Å²) in [5, 5.41) is 5.01. The second-order valence-electron chi connectivity index (χ2n) is 17.1. The van der Waals surface area contributed by atoms with Crippen LogP contribution in [0.3, 0.4) is 0 Å². The molecule has 5 aliphatic rings. The first-order valence-corrected chi connectivity index (χ1v) is 21.6. The number of amides is 4. The molecule has 0 unspecified atom stereocenters. The summed E-state index contributed by atoms with van der Waals surface area (Å²) in [5.74, 6) is -10.4. The Labute approximate surface area is 339 Å². The molecular formula is C39H50F4N6O9S. The van der Waals surface area contributed by atoms with Gasteiger partial charge in [0.25, 0.3) is 11.8 Å². The predicted octanol–water partition coefficient (Wildman–Crippen LogP) is 4.57. The number of carbonyl (C=O) groups excluding carboxylic acids is 4. The van der Waals surface area contributed by atoms with Crippen molar-refractivity contribution in [3.05, 3.63) is 23.9 Å². The maximum absolute atomic E-state index is 16.3. The summed E-state index contributed by atoms with van der Waals surface area (Å²) < 4.78 is 105. The van der Waals surface area contributed by atoms with Crippen molar-refractivity contribution in [2.45, 2.75) is 132 Å². The molecule has 3 N–H and O–H groups in total. The maximum atomic E-state index is 16.3. The summed E-state index contributed by atoms with van der Waals surface area (Å²) in [6, 6.07) is 1.65. The lowest BCUT2D eigenvalue weighted by Crippen LogP contribution is -2.60. The van der Waals surface area contributed by atoms with E-state index in [0.29, 0.717) is 25.0 Å². The number of fused-ring (bicyclic) bond motifs is 5. The van der Waals surface area contributed by atoms with Gasteiger partial charge in [-0.15, -0.1) is 0 Å². The highest BCUT2D eigenvalue weighted by Gasteiger charge is 2.68. The smallest absolute Gasteiger partial charge is 0.408 e. The second kappa shape index (κ2) is 15.5. The number of nitrogens with zero attached hydrogens (tertiary/aromatic N) is 3. The number of sulfonamides is 1. The first-order chi connectivity index (χ1) is 27.7. The van der Waals surface area contributed by atoms with Gasteiger partial charge in [-0.05, 0) is 75.8 Å². The number of rotatable bonds is 9. The summed E-state index contributed by atoms with van der Waals surface area (Å²) in [6.45, 7) is 5.92. The lowest BCUT2D eigenvalue weighted by Gasteiger charge is -2.32. The van der Waals surface area contributed by atoms with Crippen LogP contribution in [0, 0.1) is 23.7 Å². The molecular weight excluding hydrogens is 805 g/mol. The van der Waals surface area contributed by atoms with Crippen molar-refractivity contribution in [3.63, 3.8) is 0 Å². The van der Waals surface area contributed by atoms with Crippen molar-refractivity contribution < 1.29 is 59.4 Å². The molecule has 1 aromatic carbocycles. The molecule has 2 aliphatic heterocycles. The van der Waals surface area contributed by atoms with Gasteiger partial charge in [0.15, 0.2) is 5.69 Å². The van der Waals surface area contributed by atoms with E-state index in [1.165, 1.54) is 26.2 Å². The number of alkyl carbamates (subject to hydrolysis) is 1. The lowest BCUT2D eigenvalue weighted by molar-refractivity contribution is -0.143. The van der Waals surface area contributed by atoms with Crippen LogP contribution >= 0.6 is 0 Å². The number of hydrogen-bond acceptors (Lipinski definition) is 11. The quantitative estimate of drug-likeness (QED) is 0.299. The number of methoxy groups -OCH3 is 1. The minimum absolute atomic E-state index is 0.0559. The molecule has 7 rings (SSSR count). The van der Waals surface area contributed by atoms with E-state index in [4.69, 9.17) is 14.2 Å². The molecule has 20 heteroatoms. The molecule has 59 heavy (non-hydrogen) atoms. The van der Waals surface area contributed by atoms with E-state index in [9.17, 15) is 36.4 Å². The van der Waals surface area contributed by atoms with Crippen LogP contribution in [0.4, 0.5) is 22.4 Å². The molecule has 8 atom stereocenters. The summed E-state index contributed by atoms with van der Waals surface area (Å²) in [4.78, 5) is 65.8. The lowest BCUT2D eigenvalue weighted by atomic mass is 9.93. The van der Waals surface area contributed by atoms with E-state index in [1.54, 1.807) is 26.8 Å². The van der Waals surface area contributed by atoms with Crippen LogP contribution in [-0.2, 0) is 35.1 Å². The summed E-state index contributed by atoms with van der Waals surface area (Å²) in [7, 11) is -2.89. The molecule has 0 radical (unpaired) electrons. The Morgan fingerprint density at radius 3 is 2.42 bits per heavy atom. The summed E-state index contributed by atoms with van der Waals surface area (Å²) >= 11 is 0. The predicted molar refractivity (Wildman–Crippen MR) is 202 cm³/mol. The third-order valence-corrected chi connectivity index (χ3v) is 14.8. The highest BCUT2D eigenvalue weighted by molar-refractivity contribution is 7.91. The van der Waals surface area contributed by atoms with Crippen LogP contribution in [0.2, 0.25) is 0 Å². The van der Waals surface area contributed by atoms with Crippen LogP contribution in [0.25, 0.3) is 11.0 Å². The molecule has 15 nitrogen and oxygen atoms in total. The third kappa shape index (κ3) is 8.21. The van der Waals surface area contributed by atoms with Crippen molar-refractivity contribution in [1.82, 2.24) is 30.2 Å². The van der Waals surface area contributed by atoms with E-state index in [-0.39, 0.29) is 42.6 Å². The second-order valence-corrected chi connectivity index (χ2v) is 19.3. The molecule has 3 saturated carbocycles. The van der Waals surface area contributed by atoms with E-state index >= 15 is 8.78 Å². The number of alkyl halides is 4. The van der Waals surface area contributed by atoms with Gasteiger partial charge >= 0.3 is 6.09 Å². The van der Waals surface area contributed by atoms with Crippen molar-refractivity contribution in [3.8, 4) is 11.6 Å². The highest BCUT2D eigenvalue weighted by Crippen LogP contribution is 2.50. The number of halogens is 4. The van der Waals surface area contributed by atoms with Crippen LogP contribution in [0.15, 0.2) is 18.2 Å². The van der Waals surface area contributed by atoms with Gasteiger partial charge in [-0.25, -0.2) is 32.0 Å². The van der Waals surface area contributed by atoms with Crippen LogP contribution in [0.1, 0.15) is 91.2 Å². The Balaban J connectivity index is 1.29. The Morgan fingerprint density at radius 2 is 1.80 bits per heavy atom. The van der Waals surface area contributed by atoms with Crippen molar-refractivity contribution in [2.24, 2.45) is 23.7 Å². The van der Waals surface area contributed by atoms with Gasteiger partial charge in [-0.1, -0.05) is 27.2 Å². The van der Waals surface area contributed by atoms with E-state index in [1.807, 2.05) is 4.72 Å². The fourth-order valence-corrected chi connectivity index (χ4v) is 9.63. The maximum Gasteiger partial charge on any atom is 0.408 e. The monoisotopic (exact) mass is 854 g/mol. The Hall–Kier alpha value is -4.49. The molecule has 2 bridgehead atoms. The molecule has 1 aromatic heterocycles. The Morgan fingerprint density at radius 1 is 1.07 bits per heavy atom. The molecule has 4 amide bonds. The Kier molecular flexibility index (Phi) is 11.2. The molecule has 0 spiro atoms. The first-order valence-electron chi connectivity index (χ1n) is 20.1. The number of carbonyl (C=O) groups is 4. The normalized spacial score (nSPS) is 31.4. The van der Waals surface area contributed by atoms with Gasteiger partial charge < -0.3 is 29.7 Å². The van der Waals surface area contributed by atoms with Crippen molar-refractivity contribution in [1.29, 1.82) is 0 Å². The zero-order chi connectivity index (χ0) is 42.8. The number of ether oxygens (including phenoxy) is 3. The largest absolute Gasteiger partial charge is 0.497 e. The molecule has 324 valence electrons. The summed E-state index contributed by atoms with van der Waals surface area (Å²) in [6.07, 6.45) is -4.84. The average molecular weight is 855 g/mol. The number of aromatic nitrogens is 2. The first kappa shape index (κ1) is 42.6. The van der Waals surface area contributed by atoms with Gasteiger partial charge in [0.1, 0.15) is 35.6 Å². The fraction of sp³-hybridized carbons (Fsp3) is 0.692. The van der Waals surface area contributed by atoms with Gasteiger partial charge in [0.05, 0.1) is 35.4 Å². The third-order valence-electron chi connectivity index (χ3n) is 12.6. The minimum atomic E-state index is -4.31. The molecule has 2 aromatic rings. The average Bonchev–Trinajstić information content (AvgIpc) is 4.13. The van der Waals surface area contributed by atoms with E-state index in [2.05, 4.69) is 20.6 Å². The highest BCUT2D eigenvalue weighted by atomic mass is 32.2. The van der Waals surface area contributed by atoms with Gasteiger partial charge in [0, 0.05) is 18.4 Å². The number of nitrogens with one attached hydrogen (secondary N) is 3. The zero-order valence-electron chi connectivity index (χ0n) is 33.4. The number of benzene rings is 1. The molecule has 3 heterocycles. The minimum Gasteiger partial charge on any atom is -0.497 e. The Bertz CT molecular complexity index is 2120. The van der Waals surface area contributed by atoms with Gasteiger partial charge in [-0.3, -0.25) is 19.1 Å². The van der Waals surface area contributed by atoms with E-state index in [0.717, 1.165) is 4.90 Å². The van der Waals surface area contributed by atoms with Gasteiger partial charge in [0.2, 0.25) is 34.1 Å². The zero-order valence-corrected chi connectivity index (χ0v) is 34.3. The van der Waals surface area contributed by atoms with Gasteiger partial charge in [-0.2, -0.15) is 8.78 Å². The molecule has 4 fully saturated rings. The number of hydrogen-bond donors (Lipinski definition) is 3. The van der Waals surface area contributed by atoms with Crippen LogP contribution in [-0.4, -0.2) is 102 Å². The fourth-order valence-electron chi connectivity index (χ4n) is 8.32. The van der Waals surface area contributed by atoms with Crippen molar-refractivity contribution >= 4 is 44.9 Å². The summed E-state index contributed by atoms with van der Waals surface area (Å²) in [5.41, 5.74) is -2.81. The molecule has 1 saturated heterocycles. The topological polar surface area (TPSA) is 195 Å². The standard InChI is InChI=1S/C39H50F4N6O9S/c1-6-22-27-18-49(29(22)32(50)47-38(17-23(38)31(40)41)35(52)48-59(54,55)37(4)13-14-37)34(51)28(19(2)3)46-36(53)58-26-15-20(26)9-7-8-12-39(42,43)30-33(57-27)45-25-16-21(56-5)10-11-24(25)44-30/h10-11,16,19-20,22-23,26-29,31H,6-9,12-15,17-18H2,1-5H3,(H,46,53)(H,47,50)(H,48,52)/t20-,22-,23+,26-,27+,28+,29+,38-/m1/s1. The van der Waals surface area contributed by atoms with Crippen LogP contribution in [0.5, 0.6) is 11.6 Å². The van der Waals surface area contributed by atoms with E-state index < -0.39 is 129 Å². The van der Waals surface area contributed by atoms with Crippen molar-refractivity contribution in [2.75, 3.05) is 13.7 Å².